The van der Waals surface area contributed by atoms with Gasteiger partial charge in [0.05, 0.1) is 26.0 Å². The molecular formula is C24H28N4O6. The van der Waals surface area contributed by atoms with E-state index in [-0.39, 0.29) is 12.5 Å². The molecular weight excluding hydrogens is 440 g/mol. The topological polar surface area (TPSA) is 119 Å². The summed E-state index contributed by atoms with van der Waals surface area (Å²) in [5, 5.41) is 6.35. The van der Waals surface area contributed by atoms with Crippen LogP contribution < -0.4 is 20.2 Å². The number of morpholine rings is 1. The Balaban J connectivity index is 1.55. The fourth-order valence-electron chi connectivity index (χ4n) is 3.16. The van der Waals surface area contributed by atoms with Gasteiger partial charge in [-0.15, -0.1) is 0 Å². The Labute approximate surface area is 197 Å². The smallest absolute Gasteiger partial charge is 0.329 e. The van der Waals surface area contributed by atoms with Crippen LogP contribution in [-0.2, 0) is 19.1 Å². The first-order valence-electron chi connectivity index (χ1n) is 10.9. The zero-order valence-electron chi connectivity index (χ0n) is 19.2. The summed E-state index contributed by atoms with van der Waals surface area (Å²) in [6, 6.07) is 12.1. The summed E-state index contributed by atoms with van der Waals surface area (Å²) in [5.41, 5.74) is 4.28. The summed E-state index contributed by atoms with van der Waals surface area (Å²) >= 11 is 0. The summed E-state index contributed by atoms with van der Waals surface area (Å²) in [4.78, 5) is 38.0. The van der Waals surface area contributed by atoms with Gasteiger partial charge in [-0.2, -0.15) is 5.10 Å². The van der Waals surface area contributed by atoms with E-state index in [9.17, 15) is 14.4 Å². The molecule has 2 N–H and O–H groups in total. The molecule has 0 bridgehead atoms. The van der Waals surface area contributed by atoms with Crippen LogP contribution in [0.1, 0.15) is 18.1 Å². The molecule has 0 spiro atoms. The average Bonchev–Trinajstić information content (AvgIpc) is 2.84. The molecule has 0 atom stereocenters. The Morgan fingerprint density at radius 3 is 2.59 bits per heavy atom. The maximum atomic E-state index is 12.3. The van der Waals surface area contributed by atoms with Crippen LogP contribution in [0.4, 0.5) is 5.69 Å². The lowest BCUT2D eigenvalue weighted by molar-refractivity contribution is -0.137. The van der Waals surface area contributed by atoms with Crippen LogP contribution in [0.2, 0.25) is 0 Å². The van der Waals surface area contributed by atoms with Crippen LogP contribution in [0.15, 0.2) is 47.6 Å². The fourth-order valence-corrected chi connectivity index (χ4v) is 3.16. The maximum absolute atomic E-state index is 12.3. The van der Waals surface area contributed by atoms with Crippen LogP contribution in [-0.4, -0.2) is 68.4 Å². The van der Waals surface area contributed by atoms with Crippen molar-refractivity contribution in [2.45, 2.75) is 13.8 Å². The van der Waals surface area contributed by atoms with E-state index >= 15 is 0 Å². The van der Waals surface area contributed by atoms with Crippen LogP contribution >= 0.6 is 0 Å². The largest absolute Gasteiger partial charge is 0.490 e. The lowest BCUT2D eigenvalue weighted by Crippen LogP contribution is -2.43. The number of aryl methyl sites for hydroxylation is 1. The SMILES string of the molecule is CCOc1cc(/C=N\NC(=O)C(=O)Nc2cccc(C)c2)ccc1OCC(=O)N1CCOCC1. The second-order valence-electron chi connectivity index (χ2n) is 7.44. The summed E-state index contributed by atoms with van der Waals surface area (Å²) in [6.45, 7) is 6.13. The van der Waals surface area contributed by atoms with Crippen LogP contribution in [0.5, 0.6) is 11.5 Å². The molecule has 3 rings (SSSR count). The van der Waals surface area contributed by atoms with Gasteiger partial charge in [-0.05, 0) is 55.3 Å². The van der Waals surface area contributed by atoms with Gasteiger partial charge in [0.25, 0.3) is 5.91 Å². The molecule has 1 fully saturated rings. The molecule has 1 aliphatic rings. The number of nitrogens with one attached hydrogen (secondary N) is 2. The number of hydrogen-bond acceptors (Lipinski definition) is 7. The molecule has 0 aromatic heterocycles. The maximum Gasteiger partial charge on any atom is 0.329 e. The fraction of sp³-hybridized carbons (Fsp3) is 0.333. The Hall–Kier alpha value is -3.92. The number of carbonyl (C=O) groups is 3. The zero-order chi connectivity index (χ0) is 24.3. The Morgan fingerprint density at radius 1 is 1.06 bits per heavy atom. The van der Waals surface area contributed by atoms with Gasteiger partial charge in [0.2, 0.25) is 0 Å². The number of nitrogens with zero attached hydrogens (tertiary/aromatic N) is 2. The third-order valence-electron chi connectivity index (χ3n) is 4.84. The molecule has 0 radical (unpaired) electrons. The number of amides is 3. The van der Waals surface area contributed by atoms with E-state index in [1.54, 1.807) is 41.3 Å². The minimum Gasteiger partial charge on any atom is -0.490 e. The van der Waals surface area contributed by atoms with E-state index in [2.05, 4.69) is 15.8 Å². The van der Waals surface area contributed by atoms with Gasteiger partial charge in [0.1, 0.15) is 0 Å². The average molecular weight is 469 g/mol. The molecule has 10 nitrogen and oxygen atoms in total. The van der Waals surface area contributed by atoms with E-state index in [1.165, 1.54) is 6.21 Å². The molecule has 0 saturated carbocycles. The van der Waals surface area contributed by atoms with Crippen LogP contribution in [0.3, 0.4) is 0 Å². The molecule has 0 unspecified atom stereocenters. The third-order valence-corrected chi connectivity index (χ3v) is 4.84. The molecule has 180 valence electrons. The highest BCUT2D eigenvalue weighted by atomic mass is 16.5. The Kier molecular flexibility index (Phi) is 8.98. The van der Waals surface area contributed by atoms with Crippen molar-refractivity contribution >= 4 is 29.6 Å². The van der Waals surface area contributed by atoms with Gasteiger partial charge in [-0.25, -0.2) is 5.43 Å². The van der Waals surface area contributed by atoms with Crippen molar-refractivity contribution in [2.24, 2.45) is 5.10 Å². The van der Waals surface area contributed by atoms with E-state index in [1.807, 2.05) is 19.9 Å². The second-order valence-corrected chi connectivity index (χ2v) is 7.44. The molecule has 0 aliphatic carbocycles. The van der Waals surface area contributed by atoms with Crippen molar-refractivity contribution in [2.75, 3.05) is 44.8 Å². The number of hydrazone groups is 1. The van der Waals surface area contributed by atoms with Crippen molar-refractivity contribution in [1.29, 1.82) is 0 Å². The van der Waals surface area contributed by atoms with Crippen molar-refractivity contribution in [3.63, 3.8) is 0 Å². The van der Waals surface area contributed by atoms with Gasteiger partial charge in [-0.3, -0.25) is 14.4 Å². The van der Waals surface area contributed by atoms with Crippen molar-refractivity contribution < 1.29 is 28.6 Å². The monoisotopic (exact) mass is 468 g/mol. The lowest BCUT2D eigenvalue weighted by atomic mass is 10.2. The number of carbonyl (C=O) groups excluding carboxylic acids is 3. The number of hydrogen-bond donors (Lipinski definition) is 2. The van der Waals surface area contributed by atoms with Gasteiger partial charge in [0.15, 0.2) is 18.1 Å². The van der Waals surface area contributed by atoms with Crippen molar-refractivity contribution in [1.82, 2.24) is 10.3 Å². The van der Waals surface area contributed by atoms with Gasteiger partial charge < -0.3 is 24.4 Å². The third kappa shape index (κ3) is 7.31. The zero-order valence-corrected chi connectivity index (χ0v) is 19.2. The Bertz CT molecular complexity index is 1050. The first kappa shape index (κ1) is 24.7. The number of anilines is 1. The Morgan fingerprint density at radius 2 is 1.85 bits per heavy atom. The minimum absolute atomic E-state index is 0.111. The van der Waals surface area contributed by atoms with Gasteiger partial charge in [0, 0.05) is 18.8 Å². The first-order chi connectivity index (χ1) is 16.5. The van der Waals surface area contributed by atoms with Crippen LogP contribution in [0.25, 0.3) is 0 Å². The highest BCUT2D eigenvalue weighted by molar-refractivity contribution is 6.39. The molecule has 10 heteroatoms. The molecule has 3 amide bonds. The van der Waals surface area contributed by atoms with Crippen LogP contribution in [0, 0.1) is 6.92 Å². The number of rotatable bonds is 8. The predicted octanol–water partition coefficient (Wildman–Crippen LogP) is 1.72. The molecule has 34 heavy (non-hydrogen) atoms. The highest BCUT2D eigenvalue weighted by Gasteiger charge is 2.18. The number of ether oxygens (including phenoxy) is 3. The predicted molar refractivity (Wildman–Crippen MR) is 126 cm³/mol. The standard InChI is InChI=1S/C24H28N4O6/c1-3-33-21-14-18(7-8-20(21)34-16-22(29)28-9-11-32-12-10-28)15-25-27-24(31)23(30)26-19-6-4-5-17(2)13-19/h4-8,13-15H,3,9-12,16H2,1-2H3,(H,26,30)(H,27,31)/b25-15-. The highest BCUT2D eigenvalue weighted by Crippen LogP contribution is 2.28. The van der Waals surface area contributed by atoms with Crippen molar-refractivity contribution in [3.8, 4) is 11.5 Å². The normalized spacial score (nSPS) is 13.4. The van der Waals surface area contributed by atoms with E-state index in [0.717, 1.165) is 5.56 Å². The quantitative estimate of drug-likeness (QED) is 0.346. The summed E-state index contributed by atoms with van der Waals surface area (Å²) < 4.78 is 16.5. The van der Waals surface area contributed by atoms with E-state index in [4.69, 9.17) is 14.2 Å². The van der Waals surface area contributed by atoms with E-state index in [0.29, 0.717) is 55.7 Å². The van der Waals surface area contributed by atoms with E-state index < -0.39 is 11.8 Å². The number of benzene rings is 2. The second kappa shape index (κ2) is 12.4. The summed E-state index contributed by atoms with van der Waals surface area (Å²) in [5.74, 6) is -0.995. The van der Waals surface area contributed by atoms with Gasteiger partial charge >= 0.3 is 11.8 Å². The van der Waals surface area contributed by atoms with Crippen molar-refractivity contribution in [3.05, 3.63) is 53.6 Å². The lowest BCUT2D eigenvalue weighted by Gasteiger charge is -2.26. The molecule has 1 aliphatic heterocycles. The molecule has 2 aromatic carbocycles. The molecule has 2 aromatic rings. The first-order valence-corrected chi connectivity index (χ1v) is 10.9. The molecule has 1 saturated heterocycles. The summed E-state index contributed by atoms with van der Waals surface area (Å²) in [6.07, 6.45) is 1.38. The van der Waals surface area contributed by atoms with Gasteiger partial charge in [-0.1, -0.05) is 12.1 Å². The summed E-state index contributed by atoms with van der Waals surface area (Å²) in [7, 11) is 0. The molecule has 1 heterocycles. The minimum atomic E-state index is -0.899.